The normalized spacial score (nSPS) is 10.3. The molecule has 0 aliphatic heterocycles. The molecule has 96 valence electrons. The van der Waals surface area contributed by atoms with Gasteiger partial charge >= 0.3 is 0 Å². The molecule has 0 fully saturated rings. The third-order valence-corrected chi connectivity index (χ3v) is 3.35. The lowest BCUT2D eigenvalue weighted by Gasteiger charge is -2.09. The molecule has 1 rings (SSSR count). The number of rotatable bonds is 5. The van der Waals surface area contributed by atoms with Crippen LogP contribution in [0.3, 0.4) is 0 Å². The first kappa shape index (κ1) is 15.2. The lowest BCUT2D eigenvalue weighted by molar-refractivity contribution is 0.358. The fraction of sp³-hybridized carbons (Fsp3) is 0.0909. The molecule has 4 N–H and O–H groups in total. The first-order chi connectivity index (χ1) is 8.54. The van der Waals surface area contributed by atoms with Crippen molar-refractivity contribution in [3.8, 4) is 5.75 Å². The van der Waals surface area contributed by atoms with Crippen LogP contribution in [0.15, 0.2) is 35.0 Å². The maximum absolute atomic E-state index is 5.57. The van der Waals surface area contributed by atoms with Gasteiger partial charge < -0.3 is 16.2 Å². The van der Waals surface area contributed by atoms with Gasteiger partial charge in [-0.25, -0.2) is 0 Å². The molecule has 0 saturated heterocycles. The molecule has 0 spiro atoms. The van der Waals surface area contributed by atoms with Crippen LogP contribution in [0.4, 0.5) is 0 Å². The van der Waals surface area contributed by atoms with E-state index >= 15 is 0 Å². The van der Waals surface area contributed by atoms with E-state index in [4.69, 9.17) is 16.2 Å². The van der Waals surface area contributed by atoms with Crippen LogP contribution < -0.4 is 16.2 Å². The Morgan fingerprint density at radius 1 is 1.33 bits per heavy atom. The number of nitrogens with zero attached hydrogens (tertiary/aromatic N) is 2. The second-order valence-corrected chi connectivity index (χ2v) is 5.51. The van der Waals surface area contributed by atoms with Crippen molar-refractivity contribution in [3.63, 3.8) is 0 Å². The van der Waals surface area contributed by atoms with E-state index in [2.05, 4.69) is 62.0 Å². The molecule has 0 aliphatic carbocycles. The Bertz CT molecular complexity index is 473. The number of benzene rings is 1. The van der Waals surface area contributed by atoms with E-state index in [9.17, 15) is 0 Å². The molecular formula is C11H12I2N4O. The van der Waals surface area contributed by atoms with Crippen molar-refractivity contribution >= 4 is 57.4 Å². The average molecular weight is 470 g/mol. The van der Waals surface area contributed by atoms with E-state index in [1.807, 2.05) is 12.1 Å². The van der Waals surface area contributed by atoms with Gasteiger partial charge in [-0.3, -0.25) is 0 Å². The molecule has 0 atom stereocenters. The van der Waals surface area contributed by atoms with E-state index in [1.54, 1.807) is 12.3 Å². The Morgan fingerprint density at radius 3 is 2.44 bits per heavy atom. The lowest BCUT2D eigenvalue weighted by Crippen LogP contribution is -2.21. The molecule has 7 heteroatoms. The predicted octanol–water partition coefficient (Wildman–Crippen LogP) is 2.07. The molecule has 0 heterocycles. The second-order valence-electron chi connectivity index (χ2n) is 3.18. The van der Waals surface area contributed by atoms with Gasteiger partial charge in [0.2, 0.25) is 5.96 Å². The van der Waals surface area contributed by atoms with Crippen LogP contribution in [0, 0.1) is 7.14 Å². The van der Waals surface area contributed by atoms with E-state index in [1.165, 1.54) is 0 Å². The molecule has 0 radical (unpaired) electrons. The number of hydrogen-bond donors (Lipinski definition) is 2. The van der Waals surface area contributed by atoms with Gasteiger partial charge in [-0.15, -0.1) is 5.10 Å². The highest BCUT2D eigenvalue weighted by Crippen LogP contribution is 2.28. The van der Waals surface area contributed by atoms with Crippen LogP contribution in [0.5, 0.6) is 5.75 Å². The SMILES string of the molecule is C=CCOc1c(I)cc(C=NN=C(N)N)cc1I. The van der Waals surface area contributed by atoms with Crippen molar-refractivity contribution in [1.29, 1.82) is 0 Å². The molecule has 0 saturated carbocycles. The summed E-state index contributed by atoms with van der Waals surface area (Å²) in [5, 5.41) is 7.31. The molecule has 0 unspecified atom stereocenters. The molecular weight excluding hydrogens is 458 g/mol. The number of ether oxygens (including phenoxy) is 1. The minimum absolute atomic E-state index is 0.0680. The van der Waals surface area contributed by atoms with Crippen LogP contribution in [0.25, 0.3) is 0 Å². The largest absolute Gasteiger partial charge is 0.487 e. The summed E-state index contributed by atoms with van der Waals surface area (Å²) in [5.41, 5.74) is 11.3. The summed E-state index contributed by atoms with van der Waals surface area (Å²) in [6.07, 6.45) is 3.29. The van der Waals surface area contributed by atoms with Gasteiger partial charge in [-0.05, 0) is 62.9 Å². The number of hydrogen-bond acceptors (Lipinski definition) is 3. The standard InChI is InChI=1S/C11H12I2N4O/c1-2-3-18-10-8(12)4-7(5-9(10)13)6-16-17-11(14)15/h2,4-6H,1,3H2,(H4,14,15,17). The van der Waals surface area contributed by atoms with Crippen molar-refractivity contribution in [3.05, 3.63) is 37.5 Å². The van der Waals surface area contributed by atoms with Gasteiger partial charge in [0.1, 0.15) is 12.4 Å². The Kier molecular flexibility index (Phi) is 6.39. The van der Waals surface area contributed by atoms with Gasteiger partial charge in [0.05, 0.1) is 13.4 Å². The summed E-state index contributed by atoms with van der Waals surface area (Å²) in [6, 6.07) is 3.87. The van der Waals surface area contributed by atoms with E-state index < -0.39 is 0 Å². The molecule has 1 aromatic carbocycles. The highest BCUT2D eigenvalue weighted by molar-refractivity contribution is 14.1. The Morgan fingerprint density at radius 2 is 1.94 bits per heavy atom. The molecule has 18 heavy (non-hydrogen) atoms. The molecule has 5 nitrogen and oxygen atoms in total. The quantitative estimate of drug-likeness (QED) is 0.227. The molecule has 0 aliphatic rings. The minimum atomic E-state index is -0.0680. The van der Waals surface area contributed by atoms with Crippen LogP contribution >= 0.6 is 45.2 Å². The zero-order valence-electron chi connectivity index (χ0n) is 9.44. The fourth-order valence-corrected chi connectivity index (χ4v) is 3.22. The molecule has 0 aromatic heterocycles. The Balaban J connectivity index is 2.95. The number of nitrogens with two attached hydrogens (primary N) is 2. The van der Waals surface area contributed by atoms with Crippen molar-refractivity contribution in [2.24, 2.45) is 21.7 Å². The topological polar surface area (TPSA) is 86.0 Å². The summed E-state index contributed by atoms with van der Waals surface area (Å²) in [6.45, 7) is 4.10. The van der Waals surface area contributed by atoms with Crippen molar-refractivity contribution < 1.29 is 4.74 Å². The highest BCUT2D eigenvalue weighted by Gasteiger charge is 2.07. The van der Waals surface area contributed by atoms with Crippen LogP contribution in [-0.4, -0.2) is 18.8 Å². The zero-order valence-corrected chi connectivity index (χ0v) is 13.8. The third kappa shape index (κ3) is 4.80. The fourth-order valence-electron chi connectivity index (χ4n) is 1.10. The summed E-state index contributed by atoms with van der Waals surface area (Å²) in [7, 11) is 0. The Labute approximate surface area is 133 Å². The third-order valence-electron chi connectivity index (χ3n) is 1.75. The van der Waals surface area contributed by atoms with Crippen molar-refractivity contribution in [2.75, 3.05) is 6.61 Å². The van der Waals surface area contributed by atoms with Crippen molar-refractivity contribution in [2.45, 2.75) is 0 Å². The zero-order chi connectivity index (χ0) is 13.5. The van der Waals surface area contributed by atoms with Crippen LogP contribution in [0.2, 0.25) is 0 Å². The monoisotopic (exact) mass is 470 g/mol. The molecule has 1 aromatic rings. The summed E-state index contributed by atoms with van der Waals surface area (Å²) >= 11 is 4.41. The molecule has 0 amide bonds. The van der Waals surface area contributed by atoms with E-state index in [-0.39, 0.29) is 5.96 Å². The highest BCUT2D eigenvalue weighted by atomic mass is 127. The van der Waals surface area contributed by atoms with Crippen LogP contribution in [-0.2, 0) is 0 Å². The maximum Gasteiger partial charge on any atom is 0.211 e. The number of halogens is 2. The predicted molar refractivity (Wildman–Crippen MR) is 91.0 cm³/mol. The van der Waals surface area contributed by atoms with Gasteiger partial charge in [0.25, 0.3) is 0 Å². The van der Waals surface area contributed by atoms with Gasteiger partial charge in [-0.1, -0.05) is 12.7 Å². The van der Waals surface area contributed by atoms with E-state index in [0.29, 0.717) is 6.61 Å². The van der Waals surface area contributed by atoms with Gasteiger partial charge in [0, 0.05) is 0 Å². The summed E-state index contributed by atoms with van der Waals surface area (Å²) in [5.74, 6) is 0.775. The first-order valence-electron chi connectivity index (χ1n) is 4.89. The summed E-state index contributed by atoms with van der Waals surface area (Å²) in [4.78, 5) is 0. The minimum Gasteiger partial charge on any atom is -0.487 e. The average Bonchev–Trinajstić information content (AvgIpc) is 2.27. The van der Waals surface area contributed by atoms with Gasteiger partial charge in [0.15, 0.2) is 0 Å². The number of guanidine groups is 1. The summed E-state index contributed by atoms with van der Waals surface area (Å²) < 4.78 is 7.56. The smallest absolute Gasteiger partial charge is 0.211 e. The molecule has 0 bridgehead atoms. The second kappa shape index (κ2) is 7.56. The first-order valence-corrected chi connectivity index (χ1v) is 7.05. The Hall–Kier alpha value is -0.840. The van der Waals surface area contributed by atoms with Crippen LogP contribution in [0.1, 0.15) is 5.56 Å². The lowest BCUT2D eigenvalue weighted by atomic mass is 10.2. The maximum atomic E-state index is 5.57. The van der Waals surface area contributed by atoms with Crippen molar-refractivity contribution in [1.82, 2.24) is 0 Å². The van der Waals surface area contributed by atoms with Gasteiger partial charge in [-0.2, -0.15) is 5.10 Å². The van der Waals surface area contributed by atoms with E-state index in [0.717, 1.165) is 18.5 Å².